The number of piperidine rings is 1. The van der Waals surface area contributed by atoms with Crippen LogP contribution < -0.4 is 0 Å². The number of hydrogen-bond donors (Lipinski definition) is 0. The molecule has 1 saturated heterocycles. The van der Waals surface area contributed by atoms with Crippen molar-refractivity contribution in [3.63, 3.8) is 0 Å². The lowest BCUT2D eigenvalue weighted by atomic mass is 9.95. The van der Waals surface area contributed by atoms with Crippen LogP contribution in [-0.4, -0.2) is 28.3 Å². The molecule has 0 radical (unpaired) electrons. The van der Waals surface area contributed by atoms with Gasteiger partial charge in [-0.2, -0.15) is 0 Å². The number of aromatic nitrogens is 1. The van der Waals surface area contributed by atoms with Gasteiger partial charge in [-0.3, -0.25) is 9.69 Å². The number of carbonyl (C=O) groups excluding carboxylic acids is 1. The van der Waals surface area contributed by atoms with E-state index in [4.69, 9.17) is 0 Å². The highest BCUT2D eigenvalue weighted by molar-refractivity contribution is 6.03. The lowest BCUT2D eigenvalue weighted by Gasteiger charge is -2.30. The van der Waals surface area contributed by atoms with E-state index in [-0.39, 0.29) is 5.78 Å². The van der Waals surface area contributed by atoms with Gasteiger partial charge in [-0.1, -0.05) is 36.4 Å². The van der Waals surface area contributed by atoms with Crippen molar-refractivity contribution in [3.05, 3.63) is 72.1 Å². The molecule has 2 heterocycles. The Labute approximate surface area is 138 Å². The highest BCUT2D eigenvalue weighted by atomic mass is 16.1. The summed E-state index contributed by atoms with van der Waals surface area (Å²) in [6.45, 7) is 3.23. The maximum atomic E-state index is 12.2. The summed E-state index contributed by atoms with van der Waals surface area (Å²) in [5.41, 5.74) is 2.13. The first kappa shape index (κ1) is 15.8. The summed E-state index contributed by atoms with van der Waals surface area (Å²) < 4.78 is 1.87. The largest absolute Gasteiger partial charge is 0.348 e. The quantitative estimate of drug-likeness (QED) is 0.622. The predicted octanol–water partition coefficient (Wildman–Crippen LogP) is 3.68. The molecule has 3 nitrogen and oxygen atoms in total. The molecule has 0 unspecified atom stereocenters. The van der Waals surface area contributed by atoms with Crippen LogP contribution in [0, 0.1) is 5.92 Å². The summed E-state index contributed by atoms with van der Waals surface area (Å²) in [5, 5.41) is 0. The summed E-state index contributed by atoms with van der Waals surface area (Å²) in [4.78, 5) is 14.7. The van der Waals surface area contributed by atoms with E-state index >= 15 is 0 Å². The van der Waals surface area contributed by atoms with E-state index in [0.29, 0.717) is 5.92 Å². The van der Waals surface area contributed by atoms with E-state index in [9.17, 15) is 4.79 Å². The van der Waals surface area contributed by atoms with Gasteiger partial charge in [0.2, 0.25) is 5.78 Å². The van der Waals surface area contributed by atoms with E-state index in [0.717, 1.165) is 38.2 Å². The average Bonchev–Trinajstić information content (AvgIpc) is 3.01. The van der Waals surface area contributed by atoms with Crippen LogP contribution in [0.3, 0.4) is 0 Å². The molecule has 0 spiro atoms. The lowest BCUT2D eigenvalue weighted by molar-refractivity contribution is 0.103. The Hall–Kier alpha value is -2.13. The molecule has 0 aliphatic carbocycles. The second-order valence-electron chi connectivity index (χ2n) is 6.33. The highest BCUT2D eigenvalue weighted by Crippen LogP contribution is 2.20. The highest BCUT2D eigenvalue weighted by Gasteiger charge is 2.17. The van der Waals surface area contributed by atoms with Gasteiger partial charge in [0.05, 0.1) is 5.69 Å². The molecule has 3 heteroatoms. The van der Waals surface area contributed by atoms with Crippen molar-refractivity contribution in [2.24, 2.45) is 13.0 Å². The van der Waals surface area contributed by atoms with Crippen LogP contribution in [0.5, 0.6) is 0 Å². The second kappa shape index (κ2) is 7.42. The van der Waals surface area contributed by atoms with Crippen LogP contribution in [0.15, 0.2) is 60.8 Å². The van der Waals surface area contributed by atoms with E-state index in [2.05, 4.69) is 41.3 Å². The number of allylic oxidation sites excluding steroid dienone is 2. The van der Waals surface area contributed by atoms with Gasteiger partial charge in [0, 0.05) is 19.8 Å². The van der Waals surface area contributed by atoms with Gasteiger partial charge in [0.25, 0.3) is 0 Å². The smallest absolute Gasteiger partial charge is 0.201 e. The third-order valence-electron chi connectivity index (χ3n) is 4.60. The maximum absolute atomic E-state index is 12.2. The predicted molar refractivity (Wildman–Crippen MR) is 93.3 cm³/mol. The van der Waals surface area contributed by atoms with Crippen molar-refractivity contribution in [1.82, 2.24) is 9.47 Å². The summed E-state index contributed by atoms with van der Waals surface area (Å²) in [6.07, 6.45) is 8.03. The Kier molecular flexibility index (Phi) is 5.09. The normalized spacial score (nSPS) is 16.9. The number of carbonyl (C=O) groups is 1. The van der Waals surface area contributed by atoms with Gasteiger partial charge in [-0.15, -0.1) is 0 Å². The van der Waals surface area contributed by atoms with Gasteiger partial charge in [-0.05, 0) is 55.6 Å². The molecule has 1 fully saturated rings. The van der Waals surface area contributed by atoms with Crippen LogP contribution in [0.4, 0.5) is 0 Å². The number of hydrogen-bond acceptors (Lipinski definition) is 2. The molecule has 1 aliphatic rings. The van der Waals surface area contributed by atoms with Crippen molar-refractivity contribution in [3.8, 4) is 0 Å². The topological polar surface area (TPSA) is 25.2 Å². The molecule has 1 aliphatic heterocycles. The van der Waals surface area contributed by atoms with Crippen LogP contribution in [-0.2, 0) is 13.6 Å². The maximum Gasteiger partial charge on any atom is 0.201 e. The number of ketones is 1. The van der Waals surface area contributed by atoms with Gasteiger partial charge < -0.3 is 4.57 Å². The lowest BCUT2D eigenvalue weighted by Crippen LogP contribution is -2.32. The summed E-state index contributed by atoms with van der Waals surface area (Å²) in [7, 11) is 1.91. The Morgan fingerprint density at radius 2 is 1.87 bits per heavy atom. The first-order valence-corrected chi connectivity index (χ1v) is 8.32. The van der Waals surface area contributed by atoms with Crippen molar-refractivity contribution in [2.45, 2.75) is 19.4 Å². The number of nitrogens with zero attached hydrogens (tertiary/aromatic N) is 2. The fourth-order valence-corrected chi connectivity index (χ4v) is 3.17. The van der Waals surface area contributed by atoms with Crippen LogP contribution >= 0.6 is 0 Å². The molecular formula is C20H24N2O. The minimum Gasteiger partial charge on any atom is -0.348 e. The number of benzene rings is 1. The minimum atomic E-state index is 0.101. The van der Waals surface area contributed by atoms with Crippen molar-refractivity contribution in [2.75, 3.05) is 13.1 Å². The Morgan fingerprint density at radius 3 is 2.52 bits per heavy atom. The number of rotatable bonds is 5. The fourth-order valence-electron chi connectivity index (χ4n) is 3.17. The zero-order valence-corrected chi connectivity index (χ0v) is 13.7. The Balaban J connectivity index is 1.48. The van der Waals surface area contributed by atoms with Crippen molar-refractivity contribution >= 4 is 5.78 Å². The van der Waals surface area contributed by atoms with E-state index in [1.807, 2.05) is 29.9 Å². The molecule has 0 atom stereocenters. The van der Waals surface area contributed by atoms with Crippen LogP contribution in [0.1, 0.15) is 28.9 Å². The summed E-state index contributed by atoms with van der Waals surface area (Å²) >= 11 is 0. The Bertz CT molecular complexity index is 664. The number of aryl methyl sites for hydroxylation is 1. The van der Waals surface area contributed by atoms with Crippen LogP contribution in [0.2, 0.25) is 0 Å². The minimum absolute atomic E-state index is 0.101. The standard InChI is InChI=1S/C20H24N2O/c1-21-13-5-8-19(21)20(23)10-9-17-11-14-22(15-12-17)16-18-6-3-2-4-7-18/h2-10,13,17H,11-12,14-16H2,1H3. The molecule has 0 amide bonds. The van der Waals surface area contributed by atoms with E-state index in [1.54, 1.807) is 6.08 Å². The first-order valence-electron chi connectivity index (χ1n) is 8.32. The molecule has 1 aromatic heterocycles. The second-order valence-corrected chi connectivity index (χ2v) is 6.33. The Morgan fingerprint density at radius 1 is 1.13 bits per heavy atom. The molecule has 2 aromatic rings. The zero-order valence-electron chi connectivity index (χ0n) is 13.7. The average molecular weight is 308 g/mol. The van der Waals surface area contributed by atoms with Gasteiger partial charge >= 0.3 is 0 Å². The molecule has 0 bridgehead atoms. The monoisotopic (exact) mass is 308 g/mol. The third kappa shape index (κ3) is 4.20. The molecular weight excluding hydrogens is 284 g/mol. The number of likely N-dealkylation sites (tertiary alicyclic amines) is 1. The summed E-state index contributed by atoms with van der Waals surface area (Å²) in [5.74, 6) is 0.621. The molecule has 120 valence electrons. The molecule has 0 N–H and O–H groups in total. The molecule has 3 rings (SSSR count). The molecule has 1 aromatic carbocycles. The third-order valence-corrected chi connectivity index (χ3v) is 4.60. The molecule has 0 saturated carbocycles. The van der Waals surface area contributed by atoms with E-state index < -0.39 is 0 Å². The zero-order chi connectivity index (χ0) is 16.1. The first-order chi connectivity index (χ1) is 11.2. The summed E-state index contributed by atoms with van der Waals surface area (Å²) in [6, 6.07) is 14.4. The van der Waals surface area contributed by atoms with E-state index in [1.165, 1.54) is 5.56 Å². The molecule has 23 heavy (non-hydrogen) atoms. The van der Waals surface area contributed by atoms with Crippen molar-refractivity contribution in [1.29, 1.82) is 0 Å². The van der Waals surface area contributed by atoms with Gasteiger partial charge in [0.15, 0.2) is 0 Å². The fraction of sp³-hybridized carbons (Fsp3) is 0.350. The SMILES string of the molecule is Cn1cccc1C(=O)C=CC1CCN(Cc2ccccc2)CC1. The van der Waals surface area contributed by atoms with Crippen LogP contribution in [0.25, 0.3) is 0 Å². The van der Waals surface area contributed by atoms with Crippen molar-refractivity contribution < 1.29 is 4.79 Å². The van der Waals surface area contributed by atoms with Gasteiger partial charge in [-0.25, -0.2) is 0 Å². The van der Waals surface area contributed by atoms with Gasteiger partial charge in [0.1, 0.15) is 0 Å².